The summed E-state index contributed by atoms with van der Waals surface area (Å²) in [4.78, 5) is 11.6. The zero-order valence-electron chi connectivity index (χ0n) is 10.2. The Kier molecular flexibility index (Phi) is 5.09. The van der Waals surface area contributed by atoms with Crippen molar-refractivity contribution < 1.29 is 4.79 Å². The fourth-order valence-corrected chi connectivity index (χ4v) is 2.03. The normalized spacial score (nSPS) is 27.7. The predicted molar refractivity (Wildman–Crippen MR) is 62.7 cm³/mol. The molecule has 0 saturated heterocycles. The fraction of sp³-hybridized carbons (Fsp3) is 0.917. The minimum absolute atomic E-state index is 0.148. The van der Waals surface area contributed by atoms with Gasteiger partial charge in [-0.05, 0) is 38.5 Å². The Morgan fingerprint density at radius 3 is 2.73 bits per heavy atom. The standard InChI is InChI=1S/C12H24N2O/c1-4-10(3)13-8-12(15)14-11-6-5-9(2)7-11/h9-11,13H,4-8H2,1-3H3,(H,14,15). The summed E-state index contributed by atoms with van der Waals surface area (Å²) in [5.41, 5.74) is 0. The predicted octanol–water partition coefficient (Wildman–Crippen LogP) is 1.68. The Labute approximate surface area is 93.0 Å². The monoisotopic (exact) mass is 212 g/mol. The summed E-state index contributed by atoms with van der Waals surface area (Å²) in [6, 6.07) is 0.851. The van der Waals surface area contributed by atoms with Crippen LogP contribution in [0.25, 0.3) is 0 Å². The van der Waals surface area contributed by atoms with Crippen LogP contribution < -0.4 is 10.6 Å². The average Bonchev–Trinajstić information content (AvgIpc) is 2.60. The van der Waals surface area contributed by atoms with Gasteiger partial charge in [-0.2, -0.15) is 0 Å². The lowest BCUT2D eigenvalue weighted by atomic mass is 10.1. The molecule has 1 aliphatic carbocycles. The zero-order chi connectivity index (χ0) is 11.3. The molecule has 3 unspecified atom stereocenters. The number of hydrogen-bond donors (Lipinski definition) is 2. The largest absolute Gasteiger partial charge is 0.352 e. The lowest BCUT2D eigenvalue weighted by Gasteiger charge is -2.15. The van der Waals surface area contributed by atoms with E-state index in [2.05, 4.69) is 31.4 Å². The highest BCUT2D eigenvalue weighted by molar-refractivity contribution is 5.78. The van der Waals surface area contributed by atoms with Crippen LogP contribution in [-0.2, 0) is 4.79 Å². The van der Waals surface area contributed by atoms with Gasteiger partial charge in [0, 0.05) is 12.1 Å². The SMILES string of the molecule is CCC(C)NCC(=O)NC1CCC(C)C1. The van der Waals surface area contributed by atoms with Gasteiger partial charge in [-0.25, -0.2) is 0 Å². The second-order valence-corrected chi connectivity index (χ2v) is 4.87. The smallest absolute Gasteiger partial charge is 0.234 e. The van der Waals surface area contributed by atoms with E-state index >= 15 is 0 Å². The molecule has 0 aliphatic heterocycles. The summed E-state index contributed by atoms with van der Waals surface area (Å²) < 4.78 is 0. The highest BCUT2D eigenvalue weighted by atomic mass is 16.1. The van der Waals surface area contributed by atoms with E-state index in [0.29, 0.717) is 18.6 Å². The highest BCUT2D eigenvalue weighted by Crippen LogP contribution is 2.24. The van der Waals surface area contributed by atoms with Gasteiger partial charge in [0.2, 0.25) is 5.91 Å². The zero-order valence-corrected chi connectivity index (χ0v) is 10.2. The van der Waals surface area contributed by atoms with Crippen LogP contribution in [0.15, 0.2) is 0 Å². The number of rotatable bonds is 5. The fourth-order valence-electron chi connectivity index (χ4n) is 2.03. The van der Waals surface area contributed by atoms with E-state index in [-0.39, 0.29) is 5.91 Å². The molecule has 1 fully saturated rings. The number of hydrogen-bond acceptors (Lipinski definition) is 2. The van der Waals surface area contributed by atoms with E-state index in [0.717, 1.165) is 25.2 Å². The van der Waals surface area contributed by atoms with Gasteiger partial charge in [-0.1, -0.05) is 13.8 Å². The molecule has 1 aliphatic rings. The molecule has 0 aromatic carbocycles. The van der Waals surface area contributed by atoms with Crippen molar-refractivity contribution in [3.05, 3.63) is 0 Å². The van der Waals surface area contributed by atoms with E-state index in [4.69, 9.17) is 0 Å². The molecule has 0 aromatic rings. The number of amides is 1. The van der Waals surface area contributed by atoms with E-state index in [9.17, 15) is 4.79 Å². The molecule has 0 spiro atoms. The maximum Gasteiger partial charge on any atom is 0.234 e. The van der Waals surface area contributed by atoms with Crippen LogP contribution in [0.4, 0.5) is 0 Å². The molecule has 3 atom stereocenters. The molecule has 0 heterocycles. The maximum atomic E-state index is 11.6. The minimum atomic E-state index is 0.148. The van der Waals surface area contributed by atoms with Gasteiger partial charge in [-0.15, -0.1) is 0 Å². The molecule has 0 aromatic heterocycles. The summed E-state index contributed by atoms with van der Waals surface area (Å²) in [6.07, 6.45) is 4.61. The van der Waals surface area contributed by atoms with Gasteiger partial charge >= 0.3 is 0 Å². The molecule has 3 heteroatoms. The Morgan fingerprint density at radius 1 is 1.47 bits per heavy atom. The van der Waals surface area contributed by atoms with Gasteiger partial charge < -0.3 is 10.6 Å². The van der Waals surface area contributed by atoms with Crippen molar-refractivity contribution >= 4 is 5.91 Å². The second kappa shape index (κ2) is 6.11. The first-order chi connectivity index (χ1) is 7.11. The molecular formula is C12H24N2O. The third-order valence-corrected chi connectivity index (χ3v) is 3.28. The van der Waals surface area contributed by atoms with E-state index in [1.165, 1.54) is 6.42 Å². The lowest BCUT2D eigenvalue weighted by molar-refractivity contribution is -0.121. The summed E-state index contributed by atoms with van der Waals surface area (Å²) in [6.45, 7) is 6.93. The maximum absolute atomic E-state index is 11.6. The van der Waals surface area contributed by atoms with Gasteiger partial charge in [0.1, 0.15) is 0 Å². The molecule has 15 heavy (non-hydrogen) atoms. The topological polar surface area (TPSA) is 41.1 Å². The van der Waals surface area contributed by atoms with Crippen LogP contribution in [0, 0.1) is 5.92 Å². The van der Waals surface area contributed by atoms with Crippen LogP contribution >= 0.6 is 0 Å². The minimum Gasteiger partial charge on any atom is -0.352 e. The first-order valence-corrected chi connectivity index (χ1v) is 6.14. The van der Waals surface area contributed by atoms with Crippen LogP contribution in [-0.4, -0.2) is 24.5 Å². The summed E-state index contributed by atoms with van der Waals surface area (Å²) in [5, 5.41) is 6.29. The quantitative estimate of drug-likeness (QED) is 0.728. The molecule has 3 nitrogen and oxygen atoms in total. The third kappa shape index (κ3) is 4.65. The Morgan fingerprint density at radius 2 is 2.20 bits per heavy atom. The van der Waals surface area contributed by atoms with Crippen LogP contribution in [0.3, 0.4) is 0 Å². The number of carbonyl (C=O) groups is 1. The van der Waals surface area contributed by atoms with Crippen molar-refractivity contribution in [2.75, 3.05) is 6.54 Å². The van der Waals surface area contributed by atoms with Crippen molar-refractivity contribution in [1.29, 1.82) is 0 Å². The lowest BCUT2D eigenvalue weighted by Crippen LogP contribution is -2.41. The van der Waals surface area contributed by atoms with Crippen LogP contribution in [0.2, 0.25) is 0 Å². The van der Waals surface area contributed by atoms with Gasteiger partial charge in [0.05, 0.1) is 6.54 Å². The van der Waals surface area contributed by atoms with Crippen LogP contribution in [0.5, 0.6) is 0 Å². The van der Waals surface area contributed by atoms with Crippen molar-refractivity contribution in [1.82, 2.24) is 10.6 Å². The first-order valence-electron chi connectivity index (χ1n) is 6.14. The van der Waals surface area contributed by atoms with Crippen molar-refractivity contribution in [2.24, 2.45) is 5.92 Å². The molecule has 0 radical (unpaired) electrons. The Hall–Kier alpha value is -0.570. The Bertz CT molecular complexity index is 206. The van der Waals surface area contributed by atoms with Crippen LogP contribution in [0.1, 0.15) is 46.5 Å². The first kappa shape index (κ1) is 12.5. The van der Waals surface area contributed by atoms with Gasteiger partial charge in [-0.3, -0.25) is 4.79 Å². The highest BCUT2D eigenvalue weighted by Gasteiger charge is 2.22. The summed E-state index contributed by atoms with van der Waals surface area (Å²) in [7, 11) is 0. The molecule has 1 saturated carbocycles. The molecule has 2 N–H and O–H groups in total. The molecule has 0 bridgehead atoms. The van der Waals surface area contributed by atoms with E-state index < -0.39 is 0 Å². The number of carbonyl (C=O) groups excluding carboxylic acids is 1. The average molecular weight is 212 g/mol. The van der Waals surface area contributed by atoms with Crippen molar-refractivity contribution in [3.63, 3.8) is 0 Å². The van der Waals surface area contributed by atoms with Gasteiger partial charge in [0.25, 0.3) is 0 Å². The summed E-state index contributed by atoms with van der Waals surface area (Å²) >= 11 is 0. The molecule has 88 valence electrons. The van der Waals surface area contributed by atoms with E-state index in [1.807, 2.05) is 0 Å². The van der Waals surface area contributed by atoms with Crippen molar-refractivity contribution in [2.45, 2.75) is 58.5 Å². The third-order valence-electron chi connectivity index (χ3n) is 3.28. The molecule has 1 rings (SSSR count). The Balaban J connectivity index is 2.13. The van der Waals surface area contributed by atoms with Crippen molar-refractivity contribution in [3.8, 4) is 0 Å². The van der Waals surface area contributed by atoms with E-state index in [1.54, 1.807) is 0 Å². The molecule has 1 amide bonds. The van der Waals surface area contributed by atoms with Gasteiger partial charge in [0.15, 0.2) is 0 Å². The molecular weight excluding hydrogens is 188 g/mol. The number of nitrogens with one attached hydrogen (secondary N) is 2. The second-order valence-electron chi connectivity index (χ2n) is 4.87. The summed E-state index contributed by atoms with van der Waals surface area (Å²) in [5.74, 6) is 0.923.